The summed E-state index contributed by atoms with van der Waals surface area (Å²) in [6.07, 6.45) is 6.66. The lowest BCUT2D eigenvalue weighted by atomic mass is 9.90. The van der Waals surface area contributed by atoms with E-state index in [4.69, 9.17) is 4.74 Å². The molecule has 0 bridgehead atoms. The summed E-state index contributed by atoms with van der Waals surface area (Å²) < 4.78 is 5.79. The molecule has 0 amide bonds. The monoisotopic (exact) mass is 262 g/mol. The van der Waals surface area contributed by atoms with Gasteiger partial charge in [0.25, 0.3) is 0 Å². The van der Waals surface area contributed by atoms with Crippen molar-refractivity contribution in [2.45, 2.75) is 46.0 Å². The molecule has 0 aromatic carbocycles. The van der Waals surface area contributed by atoms with Crippen LogP contribution in [0.15, 0.2) is 0 Å². The fourth-order valence-electron chi connectivity index (χ4n) is 2.05. The zero-order valence-corrected chi connectivity index (χ0v) is 11.1. The van der Waals surface area contributed by atoms with Gasteiger partial charge in [-0.2, -0.15) is 0 Å². The van der Waals surface area contributed by atoms with Crippen molar-refractivity contribution in [3.8, 4) is 0 Å². The smallest absolute Gasteiger partial charge is 0.0530 e. The molecule has 1 rings (SSSR count). The molecule has 1 aliphatic rings. The van der Waals surface area contributed by atoms with Crippen LogP contribution in [0, 0.1) is 11.3 Å². The van der Waals surface area contributed by atoms with Crippen molar-refractivity contribution in [2.24, 2.45) is 11.3 Å². The van der Waals surface area contributed by atoms with E-state index < -0.39 is 0 Å². The van der Waals surface area contributed by atoms with E-state index in [0.717, 1.165) is 24.5 Å². The van der Waals surface area contributed by atoms with Gasteiger partial charge in [-0.25, -0.2) is 0 Å². The van der Waals surface area contributed by atoms with Crippen LogP contribution in [0.25, 0.3) is 0 Å². The summed E-state index contributed by atoms with van der Waals surface area (Å²) >= 11 is 3.63. The van der Waals surface area contributed by atoms with Gasteiger partial charge in [-0.05, 0) is 25.2 Å². The molecule has 2 heteroatoms. The molecule has 0 heterocycles. The largest absolute Gasteiger partial charge is 0.381 e. The molecule has 1 nitrogen and oxygen atoms in total. The van der Waals surface area contributed by atoms with Crippen molar-refractivity contribution in [1.82, 2.24) is 0 Å². The Morgan fingerprint density at radius 1 is 1.29 bits per heavy atom. The Morgan fingerprint density at radius 3 is 2.43 bits per heavy atom. The topological polar surface area (TPSA) is 9.23 Å². The van der Waals surface area contributed by atoms with Crippen LogP contribution in [0.5, 0.6) is 0 Å². The fraction of sp³-hybridized carbons (Fsp3) is 1.00. The van der Waals surface area contributed by atoms with Gasteiger partial charge >= 0.3 is 0 Å². The normalized spacial score (nSPS) is 20.6. The van der Waals surface area contributed by atoms with Gasteiger partial charge in [0.1, 0.15) is 0 Å². The molecule has 0 unspecified atom stereocenters. The van der Waals surface area contributed by atoms with Crippen LogP contribution in [0.4, 0.5) is 0 Å². The van der Waals surface area contributed by atoms with Gasteiger partial charge in [-0.3, -0.25) is 0 Å². The Hall–Kier alpha value is 0.440. The van der Waals surface area contributed by atoms with Crippen LogP contribution in [-0.4, -0.2) is 18.5 Å². The van der Waals surface area contributed by atoms with Crippen LogP contribution < -0.4 is 0 Å². The summed E-state index contributed by atoms with van der Waals surface area (Å²) in [6, 6.07) is 0. The number of alkyl halides is 1. The molecule has 1 fully saturated rings. The second kappa shape index (κ2) is 6.12. The molecule has 84 valence electrons. The van der Waals surface area contributed by atoms with Crippen molar-refractivity contribution in [3.05, 3.63) is 0 Å². The molecule has 0 N–H and O–H groups in total. The molecule has 1 aliphatic carbocycles. The highest BCUT2D eigenvalue weighted by Crippen LogP contribution is 2.39. The molecule has 0 spiro atoms. The minimum Gasteiger partial charge on any atom is -0.381 e. The summed E-state index contributed by atoms with van der Waals surface area (Å²) in [6.45, 7) is 6.40. The van der Waals surface area contributed by atoms with E-state index in [1.165, 1.54) is 32.1 Å². The molecule has 0 aromatic heterocycles. The van der Waals surface area contributed by atoms with E-state index in [2.05, 4.69) is 29.8 Å². The van der Waals surface area contributed by atoms with Gasteiger partial charge in [0.2, 0.25) is 0 Å². The standard InChI is InChI=1S/C12H23BrO/c1-11(2)5-8-14-10-12(9-13)6-3-4-7-12/h11H,3-10H2,1-2H3. The maximum Gasteiger partial charge on any atom is 0.0530 e. The quantitative estimate of drug-likeness (QED) is 0.520. The number of hydrogen-bond acceptors (Lipinski definition) is 1. The van der Waals surface area contributed by atoms with Crippen molar-refractivity contribution in [3.63, 3.8) is 0 Å². The minimum absolute atomic E-state index is 0.469. The van der Waals surface area contributed by atoms with Crippen LogP contribution in [-0.2, 0) is 4.74 Å². The van der Waals surface area contributed by atoms with Gasteiger partial charge in [-0.15, -0.1) is 0 Å². The third-order valence-electron chi connectivity index (χ3n) is 3.20. The first kappa shape index (κ1) is 12.5. The average molecular weight is 263 g/mol. The second-order valence-corrected chi connectivity index (χ2v) is 5.64. The average Bonchev–Trinajstić information content (AvgIpc) is 2.62. The van der Waals surface area contributed by atoms with Crippen LogP contribution in [0.1, 0.15) is 46.0 Å². The number of hydrogen-bond donors (Lipinski definition) is 0. The molecular formula is C12H23BrO. The highest BCUT2D eigenvalue weighted by Gasteiger charge is 2.32. The third kappa shape index (κ3) is 3.90. The van der Waals surface area contributed by atoms with E-state index in [0.29, 0.717) is 5.41 Å². The van der Waals surface area contributed by atoms with E-state index in [1.807, 2.05) is 0 Å². The second-order valence-electron chi connectivity index (χ2n) is 5.08. The van der Waals surface area contributed by atoms with E-state index in [-0.39, 0.29) is 0 Å². The number of ether oxygens (including phenoxy) is 1. The van der Waals surface area contributed by atoms with Crippen molar-refractivity contribution in [1.29, 1.82) is 0 Å². The molecular weight excluding hydrogens is 240 g/mol. The highest BCUT2D eigenvalue weighted by molar-refractivity contribution is 9.09. The summed E-state index contributed by atoms with van der Waals surface area (Å²) in [7, 11) is 0. The number of halogens is 1. The van der Waals surface area contributed by atoms with Gasteiger partial charge in [0.05, 0.1) is 6.61 Å². The Kier molecular flexibility index (Phi) is 5.47. The van der Waals surface area contributed by atoms with E-state index in [9.17, 15) is 0 Å². The first-order valence-electron chi connectivity index (χ1n) is 5.82. The Balaban J connectivity index is 2.15. The van der Waals surface area contributed by atoms with Gasteiger partial charge in [0, 0.05) is 17.4 Å². The van der Waals surface area contributed by atoms with Gasteiger partial charge in [-0.1, -0.05) is 42.6 Å². The Labute approximate surface area is 96.7 Å². The van der Waals surface area contributed by atoms with Crippen molar-refractivity contribution in [2.75, 3.05) is 18.5 Å². The zero-order chi connectivity index (χ0) is 10.4. The molecule has 0 aliphatic heterocycles. The third-order valence-corrected chi connectivity index (χ3v) is 4.38. The van der Waals surface area contributed by atoms with Crippen molar-refractivity contribution < 1.29 is 4.74 Å². The van der Waals surface area contributed by atoms with Crippen LogP contribution >= 0.6 is 15.9 Å². The molecule has 0 radical (unpaired) electrons. The Morgan fingerprint density at radius 2 is 1.93 bits per heavy atom. The minimum atomic E-state index is 0.469. The van der Waals surface area contributed by atoms with Crippen LogP contribution in [0.2, 0.25) is 0 Å². The summed E-state index contributed by atoms with van der Waals surface area (Å²) in [5.41, 5.74) is 0.469. The lowest BCUT2D eigenvalue weighted by molar-refractivity contribution is 0.0535. The van der Waals surface area contributed by atoms with E-state index in [1.54, 1.807) is 0 Å². The maximum absolute atomic E-state index is 5.79. The SMILES string of the molecule is CC(C)CCOCC1(CBr)CCCC1. The van der Waals surface area contributed by atoms with Crippen LogP contribution in [0.3, 0.4) is 0 Å². The van der Waals surface area contributed by atoms with Crippen molar-refractivity contribution >= 4 is 15.9 Å². The van der Waals surface area contributed by atoms with E-state index >= 15 is 0 Å². The Bertz CT molecular complexity index is 150. The summed E-state index contributed by atoms with van der Waals surface area (Å²) in [4.78, 5) is 0. The molecule has 0 atom stereocenters. The summed E-state index contributed by atoms with van der Waals surface area (Å²) in [5, 5.41) is 1.11. The molecule has 0 saturated heterocycles. The highest BCUT2D eigenvalue weighted by atomic mass is 79.9. The first-order chi connectivity index (χ1) is 6.68. The predicted molar refractivity (Wildman–Crippen MR) is 65.0 cm³/mol. The number of rotatable bonds is 6. The van der Waals surface area contributed by atoms with Gasteiger partial charge < -0.3 is 4.74 Å². The molecule has 14 heavy (non-hydrogen) atoms. The maximum atomic E-state index is 5.79. The van der Waals surface area contributed by atoms with Gasteiger partial charge in [0.15, 0.2) is 0 Å². The first-order valence-corrected chi connectivity index (χ1v) is 6.94. The lowest BCUT2D eigenvalue weighted by Crippen LogP contribution is -2.25. The molecule has 1 saturated carbocycles. The lowest BCUT2D eigenvalue weighted by Gasteiger charge is -2.26. The zero-order valence-electron chi connectivity index (χ0n) is 9.52. The summed E-state index contributed by atoms with van der Waals surface area (Å²) in [5.74, 6) is 0.762. The molecule has 0 aromatic rings. The predicted octanol–water partition coefficient (Wildman–Crippen LogP) is 4.00. The fourth-order valence-corrected chi connectivity index (χ4v) is 2.77.